The van der Waals surface area contributed by atoms with Gasteiger partial charge < -0.3 is 10.5 Å². The van der Waals surface area contributed by atoms with Crippen molar-refractivity contribution in [2.45, 2.75) is 33.0 Å². The molecule has 1 fully saturated rings. The minimum atomic E-state index is 0.356. The molecule has 4 atom stereocenters. The molecular formula is C8H17NO. The summed E-state index contributed by atoms with van der Waals surface area (Å²) in [5.74, 6) is 1.19. The Morgan fingerprint density at radius 3 is 2.00 bits per heavy atom. The minimum Gasteiger partial charge on any atom is -0.375 e. The average molecular weight is 143 g/mol. The molecule has 0 spiro atoms. The average Bonchev–Trinajstić information content (AvgIpc) is 2.09. The van der Waals surface area contributed by atoms with Crippen molar-refractivity contribution in [1.82, 2.24) is 0 Å². The quantitative estimate of drug-likeness (QED) is 0.594. The number of hydrogen-bond donors (Lipinski definition) is 1. The van der Waals surface area contributed by atoms with E-state index < -0.39 is 0 Å². The Hall–Kier alpha value is -0.0800. The summed E-state index contributed by atoms with van der Waals surface area (Å²) in [6.07, 6.45) is 0.749. The largest absolute Gasteiger partial charge is 0.375 e. The number of nitrogens with two attached hydrogens (primary N) is 1. The first-order valence-electron chi connectivity index (χ1n) is 4.02. The Balaban J connectivity index is 2.55. The first-order chi connectivity index (χ1) is 4.66. The second kappa shape index (κ2) is 2.89. The highest BCUT2D eigenvalue weighted by Crippen LogP contribution is 2.30. The van der Waals surface area contributed by atoms with Crippen LogP contribution in [-0.4, -0.2) is 18.8 Å². The lowest BCUT2D eigenvalue weighted by molar-refractivity contribution is 0.0518. The molecule has 2 N–H and O–H groups in total. The zero-order chi connectivity index (χ0) is 7.72. The molecule has 0 bridgehead atoms. The fraction of sp³-hybridized carbons (Fsp3) is 1.00. The maximum absolute atomic E-state index is 5.60. The van der Waals surface area contributed by atoms with Crippen LogP contribution >= 0.6 is 0 Å². The zero-order valence-electron chi connectivity index (χ0n) is 7.00. The molecule has 1 aliphatic heterocycles. The van der Waals surface area contributed by atoms with Crippen LogP contribution in [0.4, 0.5) is 0 Å². The van der Waals surface area contributed by atoms with Crippen LogP contribution in [0, 0.1) is 11.8 Å². The number of hydrogen-bond acceptors (Lipinski definition) is 2. The van der Waals surface area contributed by atoms with E-state index in [9.17, 15) is 0 Å². The maximum atomic E-state index is 5.60. The SMILES string of the molecule is C[C@H]1[C@@H](CN)[C@@H](C)O[C@H]1C. The Kier molecular flexibility index (Phi) is 2.32. The van der Waals surface area contributed by atoms with Gasteiger partial charge in [0.25, 0.3) is 0 Å². The topological polar surface area (TPSA) is 35.2 Å². The van der Waals surface area contributed by atoms with Crippen LogP contribution in [0.15, 0.2) is 0 Å². The first-order valence-corrected chi connectivity index (χ1v) is 4.02. The van der Waals surface area contributed by atoms with Crippen molar-refractivity contribution in [3.8, 4) is 0 Å². The van der Waals surface area contributed by atoms with E-state index in [-0.39, 0.29) is 0 Å². The summed E-state index contributed by atoms with van der Waals surface area (Å²) in [4.78, 5) is 0. The van der Waals surface area contributed by atoms with Gasteiger partial charge in [-0.15, -0.1) is 0 Å². The van der Waals surface area contributed by atoms with Gasteiger partial charge in [0.05, 0.1) is 12.2 Å². The molecule has 0 aliphatic carbocycles. The van der Waals surface area contributed by atoms with Gasteiger partial charge in [0, 0.05) is 5.92 Å². The Labute approximate surface area is 62.7 Å². The highest BCUT2D eigenvalue weighted by Gasteiger charge is 2.35. The molecule has 0 radical (unpaired) electrons. The van der Waals surface area contributed by atoms with E-state index in [4.69, 9.17) is 10.5 Å². The maximum Gasteiger partial charge on any atom is 0.0594 e. The summed E-state index contributed by atoms with van der Waals surface area (Å²) in [6, 6.07) is 0. The van der Waals surface area contributed by atoms with Crippen molar-refractivity contribution in [3.63, 3.8) is 0 Å². The van der Waals surface area contributed by atoms with E-state index in [1.807, 2.05) is 0 Å². The summed E-state index contributed by atoms with van der Waals surface area (Å²) in [5.41, 5.74) is 5.60. The summed E-state index contributed by atoms with van der Waals surface area (Å²) >= 11 is 0. The monoisotopic (exact) mass is 143 g/mol. The van der Waals surface area contributed by atoms with Crippen LogP contribution in [0.2, 0.25) is 0 Å². The zero-order valence-corrected chi connectivity index (χ0v) is 7.00. The third-order valence-corrected chi connectivity index (χ3v) is 2.72. The predicted octanol–water partition coefficient (Wildman–Crippen LogP) is 1.00. The van der Waals surface area contributed by atoms with Crippen molar-refractivity contribution < 1.29 is 4.74 Å². The predicted molar refractivity (Wildman–Crippen MR) is 41.7 cm³/mol. The highest BCUT2D eigenvalue weighted by atomic mass is 16.5. The van der Waals surface area contributed by atoms with Gasteiger partial charge in [0.2, 0.25) is 0 Å². The van der Waals surface area contributed by atoms with Gasteiger partial charge in [0.1, 0.15) is 0 Å². The van der Waals surface area contributed by atoms with Crippen LogP contribution in [0.25, 0.3) is 0 Å². The minimum absolute atomic E-state index is 0.356. The van der Waals surface area contributed by atoms with Gasteiger partial charge >= 0.3 is 0 Å². The van der Waals surface area contributed by atoms with Gasteiger partial charge in [-0.25, -0.2) is 0 Å². The van der Waals surface area contributed by atoms with Gasteiger partial charge in [-0.3, -0.25) is 0 Å². The molecule has 1 heterocycles. The lowest BCUT2D eigenvalue weighted by atomic mass is 9.90. The summed E-state index contributed by atoms with van der Waals surface area (Å²) in [6.45, 7) is 7.20. The Morgan fingerprint density at radius 1 is 1.20 bits per heavy atom. The fourth-order valence-electron chi connectivity index (χ4n) is 1.75. The van der Waals surface area contributed by atoms with Gasteiger partial charge in [-0.2, -0.15) is 0 Å². The van der Waals surface area contributed by atoms with Crippen LogP contribution in [0.3, 0.4) is 0 Å². The van der Waals surface area contributed by atoms with Crippen molar-refractivity contribution in [1.29, 1.82) is 0 Å². The van der Waals surface area contributed by atoms with Crippen molar-refractivity contribution in [2.75, 3.05) is 6.54 Å². The molecule has 1 saturated heterocycles. The van der Waals surface area contributed by atoms with Crippen molar-refractivity contribution >= 4 is 0 Å². The third-order valence-electron chi connectivity index (χ3n) is 2.72. The molecule has 60 valence electrons. The van der Waals surface area contributed by atoms with Crippen molar-refractivity contribution in [2.24, 2.45) is 17.6 Å². The molecule has 0 aromatic heterocycles. The lowest BCUT2D eigenvalue weighted by Crippen LogP contribution is -2.25. The van der Waals surface area contributed by atoms with E-state index in [0.29, 0.717) is 24.0 Å². The summed E-state index contributed by atoms with van der Waals surface area (Å²) < 4.78 is 5.60. The second-order valence-corrected chi connectivity index (χ2v) is 3.30. The van der Waals surface area contributed by atoms with E-state index in [0.717, 1.165) is 6.54 Å². The molecule has 0 aromatic carbocycles. The first kappa shape index (κ1) is 8.02. The Morgan fingerprint density at radius 2 is 1.80 bits per heavy atom. The molecule has 2 heteroatoms. The lowest BCUT2D eigenvalue weighted by Gasteiger charge is -2.14. The molecule has 1 aliphatic rings. The highest BCUT2D eigenvalue weighted by molar-refractivity contribution is 4.83. The molecule has 0 amide bonds. The van der Waals surface area contributed by atoms with Gasteiger partial charge in [-0.05, 0) is 26.3 Å². The standard InChI is InChI=1S/C8H17NO/c1-5-6(2)10-7(3)8(5)4-9/h5-8H,4,9H2,1-3H3/t5-,6+,7-,8-/m1/s1. The second-order valence-electron chi connectivity index (χ2n) is 3.30. The molecule has 1 rings (SSSR count). The molecule has 2 nitrogen and oxygen atoms in total. The van der Waals surface area contributed by atoms with Crippen LogP contribution in [-0.2, 0) is 4.74 Å². The smallest absolute Gasteiger partial charge is 0.0594 e. The van der Waals surface area contributed by atoms with E-state index >= 15 is 0 Å². The normalized spacial score (nSPS) is 48.0. The number of rotatable bonds is 1. The summed E-state index contributed by atoms with van der Waals surface area (Å²) in [5, 5.41) is 0. The van der Waals surface area contributed by atoms with E-state index in [1.165, 1.54) is 0 Å². The van der Waals surface area contributed by atoms with E-state index in [1.54, 1.807) is 0 Å². The molecular weight excluding hydrogens is 126 g/mol. The summed E-state index contributed by atoms with van der Waals surface area (Å²) in [7, 11) is 0. The Bertz CT molecular complexity index is 116. The fourth-order valence-corrected chi connectivity index (χ4v) is 1.75. The van der Waals surface area contributed by atoms with Crippen molar-refractivity contribution in [3.05, 3.63) is 0 Å². The van der Waals surface area contributed by atoms with Gasteiger partial charge in [0.15, 0.2) is 0 Å². The molecule has 0 saturated carbocycles. The third kappa shape index (κ3) is 1.18. The number of ether oxygens (including phenoxy) is 1. The van der Waals surface area contributed by atoms with Crippen LogP contribution in [0.5, 0.6) is 0 Å². The van der Waals surface area contributed by atoms with E-state index in [2.05, 4.69) is 20.8 Å². The van der Waals surface area contributed by atoms with Gasteiger partial charge in [-0.1, -0.05) is 6.92 Å². The molecule has 0 aromatic rings. The molecule has 0 unspecified atom stereocenters. The van der Waals surface area contributed by atoms with Crippen LogP contribution < -0.4 is 5.73 Å². The van der Waals surface area contributed by atoms with Crippen LogP contribution in [0.1, 0.15) is 20.8 Å². The molecule has 10 heavy (non-hydrogen) atoms.